The summed E-state index contributed by atoms with van der Waals surface area (Å²) >= 11 is 0. The Bertz CT molecular complexity index is 1020. The Morgan fingerprint density at radius 2 is 1.80 bits per heavy atom. The van der Waals surface area contributed by atoms with Crippen LogP contribution < -0.4 is 10.1 Å². The summed E-state index contributed by atoms with van der Waals surface area (Å²) in [5.41, 5.74) is 4.51. The first-order valence-corrected chi connectivity index (χ1v) is 9.84. The number of ether oxygens (including phenoxy) is 1. The second kappa shape index (κ2) is 9.55. The van der Waals surface area contributed by atoms with Gasteiger partial charge in [-0.05, 0) is 61.3 Å². The van der Waals surface area contributed by atoms with Crippen LogP contribution >= 0.6 is 0 Å². The molecule has 0 spiro atoms. The smallest absolute Gasteiger partial charge is 0.246 e. The van der Waals surface area contributed by atoms with Gasteiger partial charge in [0.05, 0.1) is 7.11 Å². The van der Waals surface area contributed by atoms with Crippen LogP contribution in [0, 0.1) is 19.7 Å². The minimum Gasteiger partial charge on any atom is -0.494 e. The summed E-state index contributed by atoms with van der Waals surface area (Å²) in [6.45, 7) is 4.37. The molecule has 30 heavy (non-hydrogen) atoms. The van der Waals surface area contributed by atoms with Gasteiger partial charge in [0, 0.05) is 12.2 Å². The first kappa shape index (κ1) is 21.5. The lowest BCUT2D eigenvalue weighted by Crippen LogP contribution is -2.34. The molecule has 0 unspecified atom stereocenters. The first-order chi connectivity index (χ1) is 14.4. The molecule has 5 heteroatoms. The van der Waals surface area contributed by atoms with Crippen LogP contribution in [0.5, 0.6) is 5.75 Å². The average molecular weight is 407 g/mol. The van der Waals surface area contributed by atoms with Crippen LogP contribution in [0.3, 0.4) is 0 Å². The number of halogens is 1. The van der Waals surface area contributed by atoms with E-state index in [0.717, 1.165) is 27.9 Å². The highest BCUT2D eigenvalue weighted by molar-refractivity contribution is 5.96. The molecule has 0 heterocycles. The molecule has 3 aromatic rings. The zero-order valence-electron chi connectivity index (χ0n) is 17.8. The fourth-order valence-electron chi connectivity index (χ4n) is 3.50. The van der Waals surface area contributed by atoms with E-state index >= 15 is 0 Å². The lowest BCUT2D eigenvalue weighted by Gasteiger charge is -2.28. The minimum atomic E-state index is -0.531. The maximum atomic E-state index is 14.1. The quantitative estimate of drug-likeness (QED) is 0.582. The van der Waals surface area contributed by atoms with Gasteiger partial charge < -0.3 is 10.1 Å². The van der Waals surface area contributed by atoms with E-state index in [4.69, 9.17) is 4.74 Å². The van der Waals surface area contributed by atoms with Crippen molar-refractivity contribution < 1.29 is 13.9 Å². The van der Waals surface area contributed by atoms with Crippen molar-refractivity contribution in [1.82, 2.24) is 4.90 Å². The maximum Gasteiger partial charge on any atom is 0.246 e. The molecule has 0 radical (unpaired) electrons. The number of rotatable bonds is 7. The molecule has 0 aromatic heterocycles. The van der Waals surface area contributed by atoms with Crippen molar-refractivity contribution in [2.45, 2.75) is 26.4 Å². The molecule has 3 aromatic carbocycles. The standard InChI is InChI=1S/C25H27FN2O2/c1-17-10-11-18(2)22(14-17)27-25(29)24(20-8-6-5-7-9-20)28(3)16-19-12-13-23(30-4)21(26)15-19/h5-15,24H,16H2,1-4H3,(H,27,29)/t24-/m1/s1. The van der Waals surface area contributed by atoms with Crippen molar-refractivity contribution in [1.29, 1.82) is 0 Å². The van der Waals surface area contributed by atoms with E-state index in [1.807, 2.05) is 80.4 Å². The van der Waals surface area contributed by atoms with Gasteiger partial charge in [0.25, 0.3) is 0 Å². The number of carbonyl (C=O) groups is 1. The van der Waals surface area contributed by atoms with Crippen molar-refractivity contribution in [3.63, 3.8) is 0 Å². The molecular formula is C25H27FN2O2. The number of methoxy groups -OCH3 is 1. The van der Waals surface area contributed by atoms with E-state index in [2.05, 4.69) is 5.32 Å². The monoisotopic (exact) mass is 406 g/mol. The van der Waals surface area contributed by atoms with Crippen LogP contribution in [0.25, 0.3) is 0 Å². The number of nitrogens with zero attached hydrogens (tertiary/aromatic N) is 1. The molecule has 0 bridgehead atoms. The highest BCUT2D eigenvalue weighted by atomic mass is 19.1. The highest BCUT2D eigenvalue weighted by Crippen LogP contribution is 2.26. The average Bonchev–Trinajstić information content (AvgIpc) is 2.72. The molecular weight excluding hydrogens is 379 g/mol. The van der Waals surface area contributed by atoms with Crippen molar-refractivity contribution in [2.24, 2.45) is 0 Å². The highest BCUT2D eigenvalue weighted by Gasteiger charge is 2.26. The van der Waals surface area contributed by atoms with Gasteiger partial charge in [0.15, 0.2) is 11.6 Å². The van der Waals surface area contributed by atoms with Gasteiger partial charge in [-0.25, -0.2) is 4.39 Å². The molecule has 1 N–H and O–H groups in total. The van der Waals surface area contributed by atoms with Crippen molar-refractivity contribution >= 4 is 11.6 Å². The number of amides is 1. The topological polar surface area (TPSA) is 41.6 Å². The van der Waals surface area contributed by atoms with Crippen LogP contribution in [-0.2, 0) is 11.3 Å². The number of aryl methyl sites for hydroxylation is 2. The Kier molecular flexibility index (Phi) is 6.85. The summed E-state index contributed by atoms with van der Waals surface area (Å²) in [6.07, 6.45) is 0. The Morgan fingerprint density at radius 3 is 2.47 bits per heavy atom. The van der Waals surface area contributed by atoms with Gasteiger partial charge in [-0.2, -0.15) is 0 Å². The largest absolute Gasteiger partial charge is 0.494 e. The number of hydrogen-bond acceptors (Lipinski definition) is 3. The third-order valence-corrected chi connectivity index (χ3v) is 5.10. The van der Waals surface area contributed by atoms with Gasteiger partial charge >= 0.3 is 0 Å². The molecule has 0 saturated carbocycles. The Balaban J connectivity index is 1.87. The molecule has 4 nitrogen and oxygen atoms in total. The van der Waals surface area contributed by atoms with Gasteiger partial charge in [-0.1, -0.05) is 48.5 Å². The second-order valence-corrected chi connectivity index (χ2v) is 7.50. The van der Waals surface area contributed by atoms with Crippen LogP contribution in [0.2, 0.25) is 0 Å². The first-order valence-electron chi connectivity index (χ1n) is 9.84. The lowest BCUT2D eigenvalue weighted by atomic mass is 10.0. The SMILES string of the molecule is COc1ccc(CN(C)[C@@H](C(=O)Nc2cc(C)ccc2C)c2ccccc2)cc1F. The number of nitrogens with one attached hydrogen (secondary N) is 1. The fraction of sp³-hybridized carbons (Fsp3) is 0.240. The Hall–Kier alpha value is -3.18. The minimum absolute atomic E-state index is 0.133. The number of likely N-dealkylation sites (N-methyl/N-ethyl adjacent to an activating group) is 1. The van der Waals surface area contributed by atoms with E-state index in [0.29, 0.717) is 6.54 Å². The van der Waals surface area contributed by atoms with Gasteiger partial charge in [0.2, 0.25) is 5.91 Å². The van der Waals surface area contributed by atoms with E-state index in [1.54, 1.807) is 6.07 Å². The lowest BCUT2D eigenvalue weighted by molar-refractivity contribution is -0.121. The normalized spacial score (nSPS) is 11.9. The zero-order valence-corrected chi connectivity index (χ0v) is 17.8. The third-order valence-electron chi connectivity index (χ3n) is 5.10. The summed E-state index contributed by atoms with van der Waals surface area (Å²) in [4.78, 5) is 15.2. The van der Waals surface area contributed by atoms with Gasteiger partial charge in [-0.15, -0.1) is 0 Å². The number of hydrogen-bond donors (Lipinski definition) is 1. The molecule has 0 saturated heterocycles. The van der Waals surface area contributed by atoms with E-state index < -0.39 is 11.9 Å². The fourth-order valence-corrected chi connectivity index (χ4v) is 3.50. The molecule has 156 valence electrons. The van der Waals surface area contributed by atoms with Gasteiger partial charge in [-0.3, -0.25) is 9.69 Å². The second-order valence-electron chi connectivity index (χ2n) is 7.50. The summed E-state index contributed by atoms with van der Waals surface area (Å²) in [5, 5.41) is 3.07. The zero-order chi connectivity index (χ0) is 21.7. The van der Waals surface area contributed by atoms with Crippen LogP contribution in [0.4, 0.5) is 10.1 Å². The molecule has 1 atom stereocenters. The van der Waals surface area contributed by atoms with Crippen molar-refractivity contribution in [2.75, 3.05) is 19.5 Å². The third kappa shape index (κ3) is 5.05. The Morgan fingerprint density at radius 1 is 1.07 bits per heavy atom. The van der Waals surface area contributed by atoms with Crippen LogP contribution in [-0.4, -0.2) is 25.0 Å². The van der Waals surface area contributed by atoms with E-state index in [9.17, 15) is 9.18 Å². The van der Waals surface area contributed by atoms with Crippen LogP contribution in [0.15, 0.2) is 66.7 Å². The van der Waals surface area contributed by atoms with Crippen molar-refractivity contribution in [3.8, 4) is 5.75 Å². The predicted octanol–water partition coefficient (Wildman–Crippen LogP) is 5.26. The predicted molar refractivity (Wildman–Crippen MR) is 118 cm³/mol. The summed E-state index contributed by atoms with van der Waals surface area (Å²) in [6, 6.07) is 19.9. The Labute approximate surface area is 177 Å². The molecule has 0 aliphatic carbocycles. The molecule has 0 aliphatic heterocycles. The molecule has 1 amide bonds. The summed E-state index contributed by atoms with van der Waals surface area (Å²) in [7, 11) is 3.30. The van der Waals surface area contributed by atoms with Crippen molar-refractivity contribution in [3.05, 3.63) is 94.8 Å². The summed E-state index contributed by atoms with van der Waals surface area (Å²) in [5.74, 6) is -0.348. The number of carbonyl (C=O) groups excluding carboxylic acids is 1. The number of benzene rings is 3. The van der Waals surface area contributed by atoms with E-state index in [1.165, 1.54) is 13.2 Å². The molecule has 0 aliphatic rings. The molecule has 0 fully saturated rings. The van der Waals surface area contributed by atoms with Gasteiger partial charge in [0.1, 0.15) is 6.04 Å². The maximum absolute atomic E-state index is 14.1. The van der Waals surface area contributed by atoms with E-state index in [-0.39, 0.29) is 11.7 Å². The summed E-state index contributed by atoms with van der Waals surface area (Å²) < 4.78 is 19.1. The van der Waals surface area contributed by atoms with Crippen LogP contribution in [0.1, 0.15) is 28.3 Å². The molecule has 3 rings (SSSR count). The number of anilines is 1.